The van der Waals surface area contributed by atoms with Gasteiger partial charge in [-0.05, 0) is 66.8 Å². The summed E-state index contributed by atoms with van der Waals surface area (Å²) in [6.45, 7) is 6.48. The number of carboxylic acid groups (broad SMARTS) is 1. The van der Waals surface area contributed by atoms with Crippen LogP contribution in [0.3, 0.4) is 0 Å². The van der Waals surface area contributed by atoms with Crippen molar-refractivity contribution in [2.75, 3.05) is 13.1 Å². The first kappa shape index (κ1) is 23.5. The van der Waals surface area contributed by atoms with Crippen LogP contribution in [0.25, 0.3) is 10.8 Å². The van der Waals surface area contributed by atoms with Crippen molar-refractivity contribution in [1.29, 1.82) is 0 Å². The van der Waals surface area contributed by atoms with Crippen LogP contribution in [-0.2, 0) is 16.0 Å². The van der Waals surface area contributed by atoms with Crippen LogP contribution in [0.5, 0.6) is 0 Å². The molecule has 5 nitrogen and oxygen atoms in total. The van der Waals surface area contributed by atoms with E-state index in [1.165, 1.54) is 0 Å². The zero-order chi connectivity index (χ0) is 23.7. The minimum Gasteiger partial charge on any atom is -0.480 e. The van der Waals surface area contributed by atoms with Crippen LogP contribution >= 0.6 is 15.9 Å². The predicted octanol–water partition coefficient (Wildman–Crippen LogP) is 5.20. The van der Waals surface area contributed by atoms with Gasteiger partial charge < -0.3 is 10.0 Å². The Balaban J connectivity index is 1.75. The Morgan fingerprint density at radius 1 is 1.09 bits per heavy atom. The van der Waals surface area contributed by atoms with Gasteiger partial charge in [0.05, 0.1) is 12.6 Å². The van der Waals surface area contributed by atoms with Crippen LogP contribution in [0, 0.1) is 6.92 Å². The van der Waals surface area contributed by atoms with E-state index in [4.69, 9.17) is 0 Å². The minimum atomic E-state index is -0.907. The molecule has 2 atom stereocenters. The number of nitrogens with zero attached hydrogens (tertiary/aromatic N) is 2. The first-order chi connectivity index (χ1) is 15.8. The fraction of sp³-hybridized carbons (Fsp3) is 0.333. The number of halogens is 1. The molecule has 4 rings (SSSR count). The van der Waals surface area contributed by atoms with Gasteiger partial charge in [-0.3, -0.25) is 14.5 Å². The number of amides is 1. The summed E-state index contributed by atoms with van der Waals surface area (Å²) in [4.78, 5) is 29.5. The van der Waals surface area contributed by atoms with E-state index in [0.29, 0.717) is 13.0 Å². The van der Waals surface area contributed by atoms with Crippen molar-refractivity contribution in [2.45, 2.75) is 45.3 Å². The second-order valence-electron chi connectivity index (χ2n) is 9.03. The summed E-state index contributed by atoms with van der Waals surface area (Å²) in [6.07, 6.45) is 0.644. The van der Waals surface area contributed by atoms with Gasteiger partial charge in [-0.15, -0.1) is 0 Å². The summed E-state index contributed by atoms with van der Waals surface area (Å²) in [5, 5.41) is 12.4. The van der Waals surface area contributed by atoms with Crippen molar-refractivity contribution in [3.05, 3.63) is 81.8 Å². The molecule has 1 N–H and O–H groups in total. The van der Waals surface area contributed by atoms with Crippen LogP contribution in [0.15, 0.2) is 65.1 Å². The van der Waals surface area contributed by atoms with E-state index in [1.807, 2.05) is 68.1 Å². The molecule has 172 valence electrons. The molecule has 3 aromatic rings. The van der Waals surface area contributed by atoms with Gasteiger partial charge in [0.2, 0.25) is 5.91 Å². The number of hydrogen-bond acceptors (Lipinski definition) is 3. The molecule has 1 aliphatic rings. The van der Waals surface area contributed by atoms with Crippen LogP contribution < -0.4 is 0 Å². The smallest absolute Gasteiger partial charge is 0.323 e. The van der Waals surface area contributed by atoms with Crippen molar-refractivity contribution in [3.8, 4) is 0 Å². The molecular weight excluding hydrogens is 480 g/mol. The second-order valence-corrected chi connectivity index (χ2v) is 9.89. The molecule has 0 radical (unpaired) electrons. The SMILES string of the molecule is Cc1ccc(CCN2C(=O)CN(C(C)C)[C@H](C(=O)O)[C@H]2c2ccc3ccccc3c2)c(Br)c1. The molecular formula is C27H29BrN2O3. The number of hydrogen-bond donors (Lipinski definition) is 1. The Hall–Kier alpha value is -2.70. The number of carbonyl (C=O) groups excluding carboxylic acids is 1. The summed E-state index contributed by atoms with van der Waals surface area (Å²) in [6, 6.07) is 18.8. The Bertz CT molecular complexity index is 1190. The molecule has 33 heavy (non-hydrogen) atoms. The van der Waals surface area contributed by atoms with Gasteiger partial charge in [0.1, 0.15) is 6.04 Å². The van der Waals surface area contributed by atoms with Crippen molar-refractivity contribution in [1.82, 2.24) is 9.80 Å². The molecule has 0 saturated carbocycles. The highest BCUT2D eigenvalue weighted by Gasteiger charge is 2.46. The Labute approximate surface area is 203 Å². The molecule has 1 aliphatic heterocycles. The molecule has 0 aliphatic carbocycles. The van der Waals surface area contributed by atoms with E-state index in [1.54, 1.807) is 4.90 Å². The Morgan fingerprint density at radius 2 is 1.82 bits per heavy atom. The maximum Gasteiger partial charge on any atom is 0.323 e. The number of rotatable bonds is 6. The molecule has 1 amide bonds. The Morgan fingerprint density at radius 3 is 2.48 bits per heavy atom. The van der Waals surface area contributed by atoms with Gasteiger partial charge in [-0.2, -0.15) is 0 Å². The normalized spacial score (nSPS) is 19.4. The number of carbonyl (C=O) groups is 2. The monoisotopic (exact) mass is 508 g/mol. The molecule has 0 aromatic heterocycles. The van der Waals surface area contributed by atoms with E-state index < -0.39 is 18.1 Å². The second kappa shape index (κ2) is 9.65. The highest BCUT2D eigenvalue weighted by Crippen LogP contribution is 2.35. The van der Waals surface area contributed by atoms with Crippen LogP contribution in [0.2, 0.25) is 0 Å². The molecule has 0 spiro atoms. The lowest BCUT2D eigenvalue weighted by atomic mass is 9.90. The zero-order valence-electron chi connectivity index (χ0n) is 19.2. The highest BCUT2D eigenvalue weighted by atomic mass is 79.9. The van der Waals surface area contributed by atoms with Gasteiger partial charge in [-0.1, -0.05) is 64.5 Å². The molecule has 3 aromatic carbocycles. The van der Waals surface area contributed by atoms with Crippen LogP contribution in [0.4, 0.5) is 0 Å². The van der Waals surface area contributed by atoms with Gasteiger partial charge in [0.25, 0.3) is 0 Å². The van der Waals surface area contributed by atoms with E-state index >= 15 is 0 Å². The molecule has 1 fully saturated rings. The highest BCUT2D eigenvalue weighted by molar-refractivity contribution is 9.10. The summed E-state index contributed by atoms with van der Waals surface area (Å²) in [5.41, 5.74) is 3.11. The maximum absolute atomic E-state index is 13.4. The van der Waals surface area contributed by atoms with Gasteiger partial charge >= 0.3 is 5.97 Å². The third-order valence-electron chi connectivity index (χ3n) is 6.49. The quantitative estimate of drug-likeness (QED) is 0.496. The van der Waals surface area contributed by atoms with Crippen molar-refractivity contribution in [2.24, 2.45) is 0 Å². The number of aliphatic carboxylic acids is 1. The van der Waals surface area contributed by atoms with E-state index in [0.717, 1.165) is 31.9 Å². The molecule has 1 heterocycles. The standard InChI is InChI=1S/C27H29BrN2O3/c1-17(2)30-16-24(31)29(13-12-20-9-8-18(3)14-23(20)28)25(26(30)27(32)33)22-11-10-19-6-4-5-7-21(19)15-22/h4-11,14-15,17,25-26H,12-13,16H2,1-3H3,(H,32,33)/t25-,26+/m1/s1. The van der Waals surface area contributed by atoms with Gasteiger partial charge in [0.15, 0.2) is 0 Å². The Kier molecular flexibility index (Phi) is 6.86. The number of fused-ring (bicyclic) bond motifs is 1. The van der Waals surface area contributed by atoms with E-state index in [2.05, 4.69) is 34.1 Å². The third kappa shape index (κ3) is 4.82. The van der Waals surface area contributed by atoms with Crippen LogP contribution in [0.1, 0.15) is 36.6 Å². The maximum atomic E-state index is 13.4. The number of piperazine rings is 1. The van der Waals surface area contributed by atoms with Crippen LogP contribution in [-0.4, -0.2) is 52.0 Å². The van der Waals surface area contributed by atoms with Crippen molar-refractivity contribution < 1.29 is 14.7 Å². The lowest BCUT2D eigenvalue weighted by Gasteiger charge is -2.47. The third-order valence-corrected chi connectivity index (χ3v) is 7.23. The first-order valence-corrected chi connectivity index (χ1v) is 12.1. The average Bonchev–Trinajstić information content (AvgIpc) is 2.78. The molecule has 6 heteroatoms. The fourth-order valence-corrected chi connectivity index (χ4v) is 5.44. The average molecular weight is 509 g/mol. The minimum absolute atomic E-state index is 0.0393. The lowest BCUT2D eigenvalue weighted by molar-refractivity contribution is -0.159. The summed E-state index contributed by atoms with van der Waals surface area (Å²) in [7, 11) is 0. The largest absolute Gasteiger partial charge is 0.480 e. The van der Waals surface area contributed by atoms with Crippen molar-refractivity contribution >= 4 is 38.6 Å². The first-order valence-electron chi connectivity index (χ1n) is 11.3. The summed E-state index contributed by atoms with van der Waals surface area (Å²) < 4.78 is 1.01. The topological polar surface area (TPSA) is 60.9 Å². The van der Waals surface area contributed by atoms with E-state index in [-0.39, 0.29) is 18.5 Å². The summed E-state index contributed by atoms with van der Waals surface area (Å²) >= 11 is 3.63. The summed E-state index contributed by atoms with van der Waals surface area (Å²) in [5.74, 6) is -0.946. The molecule has 0 bridgehead atoms. The molecule has 1 saturated heterocycles. The molecule has 0 unspecified atom stereocenters. The number of aryl methyl sites for hydroxylation is 1. The van der Waals surface area contributed by atoms with E-state index in [9.17, 15) is 14.7 Å². The number of benzene rings is 3. The predicted molar refractivity (Wildman–Crippen MR) is 134 cm³/mol. The van der Waals surface area contributed by atoms with Gasteiger partial charge in [0, 0.05) is 17.1 Å². The lowest BCUT2D eigenvalue weighted by Crippen LogP contribution is -2.62. The van der Waals surface area contributed by atoms with Gasteiger partial charge in [-0.25, -0.2) is 0 Å². The van der Waals surface area contributed by atoms with Crippen molar-refractivity contribution in [3.63, 3.8) is 0 Å². The fourth-order valence-electron chi connectivity index (χ4n) is 4.75. The number of carboxylic acids is 1. The zero-order valence-corrected chi connectivity index (χ0v) is 20.7.